The van der Waals surface area contributed by atoms with Crippen LogP contribution >= 0.6 is 0 Å². The lowest BCUT2D eigenvalue weighted by atomic mass is 9.94. The van der Waals surface area contributed by atoms with Gasteiger partial charge in [-0.15, -0.1) is 0 Å². The van der Waals surface area contributed by atoms with Crippen molar-refractivity contribution in [2.75, 3.05) is 0 Å². The lowest BCUT2D eigenvalue weighted by Crippen LogP contribution is -2.11. The summed E-state index contributed by atoms with van der Waals surface area (Å²) in [6.45, 7) is 4.62. The molecule has 0 aromatic heterocycles. The Hall–Kier alpha value is -0.820. The summed E-state index contributed by atoms with van der Waals surface area (Å²) in [5.41, 5.74) is 9.65. The van der Waals surface area contributed by atoms with E-state index in [9.17, 15) is 0 Å². The number of hydrogen-bond donors (Lipinski definition) is 1. The predicted molar refractivity (Wildman–Crippen MR) is 62.6 cm³/mol. The van der Waals surface area contributed by atoms with Crippen LogP contribution in [0.25, 0.3) is 0 Å². The molecule has 2 aliphatic carbocycles. The van der Waals surface area contributed by atoms with Crippen molar-refractivity contribution in [2.45, 2.75) is 32.7 Å². The molecule has 2 N–H and O–H groups in total. The topological polar surface area (TPSA) is 26.0 Å². The Bertz CT molecular complexity index is 369. The normalized spacial score (nSPS) is 32.7. The van der Waals surface area contributed by atoms with E-state index in [4.69, 9.17) is 5.73 Å². The summed E-state index contributed by atoms with van der Waals surface area (Å²) in [4.78, 5) is 0. The van der Waals surface area contributed by atoms with Crippen LogP contribution in [0.4, 0.5) is 0 Å². The quantitative estimate of drug-likeness (QED) is 0.741. The van der Waals surface area contributed by atoms with Gasteiger partial charge in [0.05, 0.1) is 0 Å². The van der Waals surface area contributed by atoms with E-state index in [2.05, 4.69) is 38.1 Å². The zero-order valence-corrected chi connectivity index (χ0v) is 9.53. The monoisotopic (exact) mass is 201 g/mol. The maximum absolute atomic E-state index is 6.16. The third-order valence-corrected chi connectivity index (χ3v) is 4.59. The maximum Gasteiger partial charge on any atom is 0.0131 e. The Labute approximate surface area is 91.7 Å². The van der Waals surface area contributed by atoms with Crippen LogP contribution < -0.4 is 5.73 Å². The minimum Gasteiger partial charge on any atom is -0.327 e. The van der Waals surface area contributed by atoms with E-state index in [1.165, 1.54) is 12.8 Å². The first-order valence-corrected chi connectivity index (χ1v) is 5.93. The van der Waals surface area contributed by atoms with Crippen LogP contribution in [-0.2, 0) is 12.8 Å². The number of nitrogens with two attached hydrogens (primary N) is 1. The summed E-state index contributed by atoms with van der Waals surface area (Å²) in [6, 6.07) is 9.28. The molecule has 1 aromatic carbocycles. The van der Waals surface area contributed by atoms with Gasteiger partial charge in [-0.05, 0) is 41.2 Å². The van der Waals surface area contributed by atoms with Gasteiger partial charge in [-0.25, -0.2) is 0 Å². The first-order valence-electron chi connectivity index (χ1n) is 5.93. The molecular formula is C14H19N. The fraction of sp³-hybridized carbons (Fsp3) is 0.571. The summed E-state index contributed by atoms with van der Waals surface area (Å²) in [7, 11) is 0. The van der Waals surface area contributed by atoms with E-state index < -0.39 is 0 Å². The third-order valence-electron chi connectivity index (χ3n) is 4.59. The van der Waals surface area contributed by atoms with Crippen molar-refractivity contribution < 1.29 is 0 Å². The van der Waals surface area contributed by atoms with Gasteiger partial charge >= 0.3 is 0 Å². The molecule has 0 radical (unpaired) electrons. The molecule has 2 aliphatic rings. The molecule has 1 fully saturated rings. The number of fused-ring (bicyclic) bond motifs is 1. The molecule has 0 spiro atoms. The largest absolute Gasteiger partial charge is 0.327 e. The zero-order valence-electron chi connectivity index (χ0n) is 9.53. The highest BCUT2D eigenvalue weighted by Gasteiger charge is 2.59. The van der Waals surface area contributed by atoms with E-state index in [0.717, 1.165) is 11.8 Å². The van der Waals surface area contributed by atoms with Crippen molar-refractivity contribution in [1.29, 1.82) is 0 Å². The molecule has 2 atom stereocenters. The van der Waals surface area contributed by atoms with Gasteiger partial charge in [-0.2, -0.15) is 0 Å². The van der Waals surface area contributed by atoms with Gasteiger partial charge in [0.15, 0.2) is 0 Å². The Morgan fingerprint density at radius 2 is 1.60 bits per heavy atom. The molecule has 3 rings (SSSR count). The van der Waals surface area contributed by atoms with Gasteiger partial charge in [0.25, 0.3) is 0 Å². The van der Waals surface area contributed by atoms with E-state index in [1.54, 1.807) is 11.1 Å². The summed E-state index contributed by atoms with van der Waals surface area (Å²) >= 11 is 0. The highest BCUT2D eigenvalue weighted by atomic mass is 14.8. The number of benzene rings is 1. The van der Waals surface area contributed by atoms with E-state index >= 15 is 0 Å². The van der Waals surface area contributed by atoms with Crippen molar-refractivity contribution in [3.63, 3.8) is 0 Å². The summed E-state index contributed by atoms with van der Waals surface area (Å²) in [6.07, 6.45) is 2.50. The number of hydrogen-bond acceptors (Lipinski definition) is 1. The van der Waals surface area contributed by atoms with E-state index in [0.29, 0.717) is 11.5 Å². The van der Waals surface area contributed by atoms with Crippen LogP contribution in [0, 0.1) is 17.3 Å². The predicted octanol–water partition coefficient (Wildman–Crippen LogP) is 2.38. The second-order valence-corrected chi connectivity index (χ2v) is 5.81. The summed E-state index contributed by atoms with van der Waals surface area (Å²) in [5, 5.41) is 0. The SMILES string of the molecule is CC1(C)[C@@H](N)[C@@H]1C1Cc2ccccc2C1. The molecule has 0 amide bonds. The first-order chi connectivity index (χ1) is 7.10. The number of rotatable bonds is 1. The summed E-state index contributed by atoms with van der Waals surface area (Å²) < 4.78 is 0. The lowest BCUT2D eigenvalue weighted by Gasteiger charge is -2.09. The molecule has 1 heteroatoms. The van der Waals surface area contributed by atoms with Crippen LogP contribution in [-0.4, -0.2) is 6.04 Å². The van der Waals surface area contributed by atoms with Gasteiger partial charge in [-0.1, -0.05) is 38.1 Å². The van der Waals surface area contributed by atoms with Gasteiger partial charge in [-0.3, -0.25) is 0 Å². The van der Waals surface area contributed by atoms with Gasteiger partial charge in [0.2, 0.25) is 0 Å². The van der Waals surface area contributed by atoms with Crippen LogP contribution in [0.5, 0.6) is 0 Å². The molecule has 1 aromatic rings. The Balaban J connectivity index is 1.81. The standard InChI is InChI=1S/C14H19N/c1-14(2)12(13(14)15)11-7-9-5-3-4-6-10(9)8-11/h3-6,11-13H,7-8,15H2,1-2H3/t12-,13-/m0/s1. The van der Waals surface area contributed by atoms with Crippen LogP contribution in [0.2, 0.25) is 0 Å². The lowest BCUT2D eigenvalue weighted by molar-refractivity contribution is 0.409. The molecule has 0 bridgehead atoms. The molecule has 0 heterocycles. The fourth-order valence-electron chi connectivity index (χ4n) is 3.47. The zero-order chi connectivity index (χ0) is 10.6. The van der Waals surface area contributed by atoms with Crippen LogP contribution in [0.15, 0.2) is 24.3 Å². The molecule has 15 heavy (non-hydrogen) atoms. The third kappa shape index (κ3) is 1.26. The van der Waals surface area contributed by atoms with Gasteiger partial charge in [0, 0.05) is 6.04 Å². The minimum absolute atomic E-state index is 0.382. The fourth-order valence-corrected chi connectivity index (χ4v) is 3.47. The van der Waals surface area contributed by atoms with Crippen molar-refractivity contribution >= 4 is 0 Å². The van der Waals surface area contributed by atoms with Gasteiger partial charge in [0.1, 0.15) is 0 Å². The minimum atomic E-state index is 0.382. The Morgan fingerprint density at radius 3 is 2.00 bits per heavy atom. The molecule has 0 aliphatic heterocycles. The second-order valence-electron chi connectivity index (χ2n) is 5.81. The van der Waals surface area contributed by atoms with E-state index in [1.807, 2.05) is 0 Å². The average molecular weight is 201 g/mol. The maximum atomic E-state index is 6.16. The van der Waals surface area contributed by atoms with Crippen molar-refractivity contribution in [3.05, 3.63) is 35.4 Å². The van der Waals surface area contributed by atoms with Crippen molar-refractivity contribution in [2.24, 2.45) is 23.0 Å². The Morgan fingerprint density at radius 1 is 1.13 bits per heavy atom. The van der Waals surface area contributed by atoms with Crippen LogP contribution in [0.3, 0.4) is 0 Å². The van der Waals surface area contributed by atoms with Gasteiger partial charge < -0.3 is 5.73 Å². The highest BCUT2D eigenvalue weighted by molar-refractivity contribution is 5.34. The first kappa shape index (κ1) is 9.41. The van der Waals surface area contributed by atoms with E-state index in [-0.39, 0.29) is 0 Å². The smallest absolute Gasteiger partial charge is 0.0131 e. The highest BCUT2D eigenvalue weighted by Crippen LogP contribution is 2.57. The van der Waals surface area contributed by atoms with Crippen LogP contribution in [0.1, 0.15) is 25.0 Å². The Kier molecular flexibility index (Phi) is 1.79. The average Bonchev–Trinajstić information content (AvgIpc) is 2.61. The van der Waals surface area contributed by atoms with Crippen molar-refractivity contribution in [1.82, 2.24) is 0 Å². The molecule has 0 saturated heterocycles. The molecule has 1 nitrogen and oxygen atoms in total. The molecular weight excluding hydrogens is 182 g/mol. The molecule has 80 valence electrons. The summed E-state index contributed by atoms with van der Waals surface area (Å²) in [5.74, 6) is 1.54. The van der Waals surface area contributed by atoms with Crippen molar-refractivity contribution in [3.8, 4) is 0 Å². The molecule has 1 saturated carbocycles. The molecule has 0 unspecified atom stereocenters. The second kappa shape index (κ2) is 2.85.